The van der Waals surface area contributed by atoms with Crippen LogP contribution in [0.1, 0.15) is 44.6 Å². The van der Waals surface area contributed by atoms with E-state index in [1.54, 1.807) is 0 Å². The number of hydrogen-bond acceptors (Lipinski definition) is 1. The van der Waals surface area contributed by atoms with Gasteiger partial charge in [-0.2, -0.15) is 0 Å². The molecule has 0 aromatic heterocycles. The van der Waals surface area contributed by atoms with Gasteiger partial charge in [-0.1, -0.05) is 31.4 Å². The summed E-state index contributed by atoms with van der Waals surface area (Å²) >= 11 is 9.61. The molecule has 0 saturated heterocycles. The smallest absolute Gasteiger partial charge is 0.230 e. The Balaban J connectivity index is 2.21. The van der Waals surface area contributed by atoms with E-state index in [4.69, 9.17) is 11.6 Å². The summed E-state index contributed by atoms with van der Waals surface area (Å²) in [5, 5.41) is 3.72. The number of benzene rings is 1. The number of hydrogen-bond donors (Lipinski definition) is 1. The van der Waals surface area contributed by atoms with Crippen molar-refractivity contribution in [1.29, 1.82) is 0 Å². The van der Waals surface area contributed by atoms with E-state index in [0.29, 0.717) is 5.02 Å². The number of nitrogens with one attached hydrogen (secondary N) is 1. The summed E-state index contributed by atoms with van der Waals surface area (Å²) in [5.41, 5.74) is 1.58. The molecule has 1 saturated carbocycles. The second-order valence-electron chi connectivity index (χ2n) is 5.38. The van der Waals surface area contributed by atoms with Crippen molar-refractivity contribution in [2.45, 2.75) is 46.0 Å². The van der Waals surface area contributed by atoms with Crippen molar-refractivity contribution in [3.63, 3.8) is 0 Å². The third-order valence-electron chi connectivity index (χ3n) is 4.22. The fourth-order valence-corrected chi connectivity index (χ4v) is 3.51. The molecular formula is C15H19BrClNO. The molecule has 1 N–H and O–H groups in total. The molecule has 2 nitrogen and oxygen atoms in total. The lowest BCUT2D eigenvalue weighted by atomic mass is 9.82. The lowest BCUT2D eigenvalue weighted by Gasteiger charge is -2.26. The van der Waals surface area contributed by atoms with Crippen molar-refractivity contribution >= 4 is 39.1 Å². The monoisotopic (exact) mass is 343 g/mol. The second-order valence-corrected chi connectivity index (χ2v) is 6.64. The number of carbonyl (C=O) groups is 1. The second kappa shape index (κ2) is 5.84. The van der Waals surface area contributed by atoms with Gasteiger partial charge in [-0.3, -0.25) is 4.79 Å². The average molecular weight is 345 g/mol. The zero-order valence-corrected chi connectivity index (χ0v) is 13.7. The molecule has 0 atom stereocenters. The molecule has 1 aliphatic rings. The molecule has 4 heteroatoms. The summed E-state index contributed by atoms with van der Waals surface area (Å²) in [4.78, 5) is 12.5. The molecule has 1 aromatic carbocycles. The van der Waals surface area contributed by atoms with E-state index in [9.17, 15) is 4.79 Å². The van der Waals surface area contributed by atoms with E-state index < -0.39 is 0 Å². The van der Waals surface area contributed by atoms with E-state index in [2.05, 4.69) is 28.2 Å². The molecule has 1 fully saturated rings. The van der Waals surface area contributed by atoms with Gasteiger partial charge in [0.05, 0.1) is 5.69 Å². The minimum Gasteiger partial charge on any atom is -0.325 e. The van der Waals surface area contributed by atoms with E-state index in [-0.39, 0.29) is 11.3 Å². The maximum atomic E-state index is 12.5. The number of halogens is 2. The van der Waals surface area contributed by atoms with Crippen molar-refractivity contribution in [2.24, 2.45) is 5.41 Å². The van der Waals surface area contributed by atoms with Gasteiger partial charge in [-0.05, 0) is 59.8 Å². The largest absolute Gasteiger partial charge is 0.325 e. The van der Waals surface area contributed by atoms with Gasteiger partial charge in [-0.15, -0.1) is 0 Å². The Bertz CT molecular complexity index is 495. The first-order chi connectivity index (χ1) is 8.98. The van der Waals surface area contributed by atoms with E-state index >= 15 is 0 Å². The molecule has 0 unspecified atom stereocenters. The Morgan fingerprint density at radius 1 is 1.42 bits per heavy atom. The van der Waals surface area contributed by atoms with Crippen LogP contribution in [0.3, 0.4) is 0 Å². The van der Waals surface area contributed by atoms with Crippen molar-refractivity contribution < 1.29 is 4.79 Å². The van der Waals surface area contributed by atoms with Gasteiger partial charge in [0.15, 0.2) is 0 Å². The third kappa shape index (κ3) is 2.97. The zero-order chi connectivity index (χ0) is 14.0. The number of anilines is 1. The highest BCUT2D eigenvalue weighted by Gasteiger charge is 2.39. The van der Waals surface area contributed by atoms with Crippen LogP contribution in [0.2, 0.25) is 5.02 Å². The Labute approximate surface area is 128 Å². The van der Waals surface area contributed by atoms with Gasteiger partial charge in [0, 0.05) is 14.9 Å². The number of carbonyl (C=O) groups excluding carboxylic acids is 1. The van der Waals surface area contributed by atoms with E-state index in [0.717, 1.165) is 47.8 Å². The normalized spacial score (nSPS) is 17.5. The molecule has 0 radical (unpaired) electrons. The molecule has 0 heterocycles. The van der Waals surface area contributed by atoms with Crippen molar-refractivity contribution in [3.8, 4) is 0 Å². The van der Waals surface area contributed by atoms with Gasteiger partial charge in [0.25, 0.3) is 0 Å². The molecule has 0 bridgehead atoms. The first-order valence-corrected chi connectivity index (χ1v) is 7.93. The number of rotatable bonds is 3. The van der Waals surface area contributed by atoms with Crippen molar-refractivity contribution in [1.82, 2.24) is 0 Å². The van der Waals surface area contributed by atoms with Crippen LogP contribution in [-0.2, 0) is 4.79 Å². The fourth-order valence-electron chi connectivity index (χ4n) is 2.79. The standard InChI is InChI=1S/C15H19BrClNO/c1-3-15(6-4-5-7-15)14(19)18-13-9-12(17)10(2)8-11(13)16/h8-9H,3-7H2,1-2H3,(H,18,19). The molecule has 0 aliphatic heterocycles. The highest BCUT2D eigenvalue weighted by atomic mass is 79.9. The molecule has 0 spiro atoms. The Kier molecular flexibility index (Phi) is 4.57. The van der Waals surface area contributed by atoms with E-state index in [1.165, 1.54) is 0 Å². The molecule has 1 amide bonds. The van der Waals surface area contributed by atoms with Gasteiger partial charge >= 0.3 is 0 Å². The number of aryl methyl sites for hydroxylation is 1. The van der Waals surface area contributed by atoms with Crippen LogP contribution in [0.5, 0.6) is 0 Å². The Morgan fingerprint density at radius 2 is 2.05 bits per heavy atom. The van der Waals surface area contributed by atoms with Crippen LogP contribution in [0, 0.1) is 12.3 Å². The third-order valence-corrected chi connectivity index (χ3v) is 5.28. The van der Waals surface area contributed by atoms with Gasteiger partial charge in [-0.25, -0.2) is 0 Å². The molecule has 104 valence electrons. The summed E-state index contributed by atoms with van der Waals surface area (Å²) in [6.07, 6.45) is 5.18. The maximum Gasteiger partial charge on any atom is 0.230 e. The zero-order valence-electron chi connectivity index (χ0n) is 11.4. The number of amides is 1. The minimum atomic E-state index is -0.184. The quantitative estimate of drug-likeness (QED) is 0.790. The summed E-state index contributed by atoms with van der Waals surface area (Å²) in [5.74, 6) is 0.133. The summed E-state index contributed by atoms with van der Waals surface area (Å²) in [6.45, 7) is 4.05. The van der Waals surface area contributed by atoms with Crippen LogP contribution >= 0.6 is 27.5 Å². The first kappa shape index (κ1) is 14.9. The molecule has 1 aromatic rings. The van der Waals surface area contributed by atoms with Crippen LogP contribution < -0.4 is 5.32 Å². The average Bonchev–Trinajstić information content (AvgIpc) is 2.86. The molecule has 1 aliphatic carbocycles. The Morgan fingerprint density at radius 3 is 2.63 bits per heavy atom. The van der Waals surface area contributed by atoms with Gasteiger partial charge in [0.1, 0.15) is 0 Å². The van der Waals surface area contributed by atoms with Crippen molar-refractivity contribution in [2.75, 3.05) is 5.32 Å². The van der Waals surface area contributed by atoms with Crippen LogP contribution in [-0.4, -0.2) is 5.91 Å². The topological polar surface area (TPSA) is 29.1 Å². The SMILES string of the molecule is CCC1(C(=O)Nc2cc(Cl)c(C)cc2Br)CCCC1. The highest BCUT2D eigenvalue weighted by molar-refractivity contribution is 9.10. The molecule has 2 rings (SSSR count). The maximum absolute atomic E-state index is 12.5. The van der Waals surface area contributed by atoms with Gasteiger partial charge < -0.3 is 5.32 Å². The van der Waals surface area contributed by atoms with Crippen molar-refractivity contribution in [3.05, 3.63) is 27.2 Å². The Hall–Kier alpha value is -0.540. The van der Waals surface area contributed by atoms with Crippen LogP contribution in [0.15, 0.2) is 16.6 Å². The van der Waals surface area contributed by atoms with E-state index in [1.807, 2.05) is 19.1 Å². The highest BCUT2D eigenvalue weighted by Crippen LogP contribution is 2.42. The van der Waals surface area contributed by atoms with Crippen LogP contribution in [0.25, 0.3) is 0 Å². The lowest BCUT2D eigenvalue weighted by Crippen LogP contribution is -2.33. The van der Waals surface area contributed by atoms with Gasteiger partial charge in [0.2, 0.25) is 5.91 Å². The summed E-state index contributed by atoms with van der Waals surface area (Å²) in [6, 6.07) is 3.75. The fraction of sp³-hybridized carbons (Fsp3) is 0.533. The predicted octanol–water partition coefficient (Wildman–Crippen LogP) is 5.32. The minimum absolute atomic E-state index is 0.133. The summed E-state index contributed by atoms with van der Waals surface area (Å²) in [7, 11) is 0. The predicted molar refractivity (Wildman–Crippen MR) is 83.7 cm³/mol. The summed E-state index contributed by atoms with van der Waals surface area (Å²) < 4.78 is 0.881. The van der Waals surface area contributed by atoms with Crippen LogP contribution in [0.4, 0.5) is 5.69 Å². The lowest BCUT2D eigenvalue weighted by molar-refractivity contribution is -0.125. The first-order valence-electron chi connectivity index (χ1n) is 6.75. The molecule has 19 heavy (non-hydrogen) atoms. The molecular weight excluding hydrogens is 326 g/mol.